The Hall–Kier alpha value is -1.78. The van der Waals surface area contributed by atoms with E-state index in [1.807, 2.05) is 32.9 Å². The molecular weight excluding hydrogens is 270 g/mol. The summed E-state index contributed by atoms with van der Waals surface area (Å²) in [6.45, 7) is 10.1. The van der Waals surface area contributed by atoms with Crippen molar-refractivity contribution in [2.24, 2.45) is 5.92 Å². The molecular formula is C16H27NO4. The van der Waals surface area contributed by atoms with E-state index in [4.69, 9.17) is 4.74 Å². The minimum atomic E-state index is -0.669. The van der Waals surface area contributed by atoms with Gasteiger partial charge in [0, 0.05) is 0 Å². The monoisotopic (exact) mass is 297 g/mol. The van der Waals surface area contributed by atoms with Gasteiger partial charge in [-0.15, -0.1) is 0 Å². The third-order valence-electron chi connectivity index (χ3n) is 2.81. The van der Waals surface area contributed by atoms with Crippen LogP contribution in [0.4, 0.5) is 4.79 Å². The molecule has 0 saturated carbocycles. The fourth-order valence-corrected chi connectivity index (χ4v) is 1.60. The Balaban J connectivity index is 4.11. The van der Waals surface area contributed by atoms with E-state index < -0.39 is 18.1 Å². The summed E-state index contributed by atoms with van der Waals surface area (Å²) in [5, 5.41) is 2.53. The molecule has 0 aliphatic carbocycles. The van der Waals surface area contributed by atoms with Gasteiger partial charge in [0.05, 0.1) is 13.7 Å². The number of hydrogen-bond acceptors (Lipinski definition) is 4. The van der Waals surface area contributed by atoms with Crippen molar-refractivity contribution in [1.29, 1.82) is 0 Å². The fraction of sp³-hybridized carbons (Fsp3) is 0.625. The summed E-state index contributed by atoms with van der Waals surface area (Å²) < 4.78 is 9.69. The number of amides is 1. The largest absolute Gasteiger partial charge is 0.467 e. The lowest BCUT2D eigenvalue weighted by Crippen LogP contribution is -2.42. The Bertz CT molecular complexity index is 374. The minimum Gasteiger partial charge on any atom is -0.467 e. The van der Waals surface area contributed by atoms with Crippen LogP contribution in [-0.2, 0) is 14.3 Å². The highest BCUT2D eigenvalue weighted by molar-refractivity contribution is 5.81. The highest BCUT2D eigenvalue weighted by atomic mass is 16.6. The first-order valence-electron chi connectivity index (χ1n) is 7.26. The average molecular weight is 297 g/mol. The summed E-state index contributed by atoms with van der Waals surface area (Å²) in [7, 11) is 1.30. The zero-order valence-electron chi connectivity index (χ0n) is 13.5. The number of rotatable bonds is 9. The van der Waals surface area contributed by atoms with Gasteiger partial charge in [0.25, 0.3) is 0 Å². The molecule has 1 unspecified atom stereocenters. The van der Waals surface area contributed by atoms with Gasteiger partial charge in [-0.25, -0.2) is 9.59 Å². The molecule has 5 nitrogen and oxygen atoms in total. The average Bonchev–Trinajstić information content (AvgIpc) is 2.44. The summed E-state index contributed by atoms with van der Waals surface area (Å²) in [4.78, 5) is 23.2. The molecule has 0 rings (SSSR count). The van der Waals surface area contributed by atoms with Gasteiger partial charge in [-0.2, -0.15) is 0 Å². The maximum absolute atomic E-state index is 11.6. The molecule has 120 valence electrons. The van der Waals surface area contributed by atoms with Crippen LogP contribution < -0.4 is 5.32 Å². The van der Waals surface area contributed by atoms with Gasteiger partial charge in [-0.05, 0) is 25.2 Å². The standard InChI is InChI=1S/C16H27NO4/c1-6-13(4)9-7-8-10-21-16(19)17-14(11-12(2)3)15(18)20-5/h7,9,12,14H,4,6,8,10-11H2,1-3,5H3,(H,17,19)/b9-7-. The number of hydrogen-bond donors (Lipinski definition) is 1. The molecule has 0 aliphatic rings. The SMILES string of the molecule is C=C(/C=C\CCOC(=O)NC(CC(C)C)C(=O)OC)CC. The fourth-order valence-electron chi connectivity index (χ4n) is 1.60. The summed E-state index contributed by atoms with van der Waals surface area (Å²) in [5.41, 5.74) is 1.03. The van der Waals surface area contributed by atoms with Crippen LogP contribution in [0.3, 0.4) is 0 Å². The highest BCUT2D eigenvalue weighted by Gasteiger charge is 2.22. The molecule has 5 heteroatoms. The van der Waals surface area contributed by atoms with Crippen LogP contribution in [0.15, 0.2) is 24.3 Å². The van der Waals surface area contributed by atoms with Crippen LogP contribution >= 0.6 is 0 Å². The number of ether oxygens (including phenoxy) is 2. The molecule has 0 saturated heterocycles. The maximum Gasteiger partial charge on any atom is 0.407 e. The number of esters is 1. The van der Waals surface area contributed by atoms with Crippen molar-refractivity contribution in [3.63, 3.8) is 0 Å². The molecule has 0 spiro atoms. The number of alkyl carbamates (subject to hydrolysis) is 1. The van der Waals surface area contributed by atoms with E-state index in [1.165, 1.54) is 7.11 Å². The Labute approximate surface area is 127 Å². The van der Waals surface area contributed by atoms with E-state index in [9.17, 15) is 9.59 Å². The maximum atomic E-state index is 11.6. The first-order chi connectivity index (χ1) is 9.90. The lowest BCUT2D eigenvalue weighted by atomic mass is 10.0. The molecule has 0 fully saturated rings. The topological polar surface area (TPSA) is 64.6 Å². The quantitative estimate of drug-likeness (QED) is 0.403. The van der Waals surface area contributed by atoms with E-state index in [0.29, 0.717) is 12.8 Å². The van der Waals surface area contributed by atoms with Crippen molar-refractivity contribution in [3.8, 4) is 0 Å². The van der Waals surface area contributed by atoms with Crippen LogP contribution in [0.25, 0.3) is 0 Å². The zero-order chi connectivity index (χ0) is 16.3. The summed E-state index contributed by atoms with van der Waals surface area (Å²) in [6, 6.07) is -0.669. The van der Waals surface area contributed by atoms with E-state index in [0.717, 1.165) is 12.0 Å². The van der Waals surface area contributed by atoms with Crippen LogP contribution in [0.1, 0.15) is 40.0 Å². The molecule has 1 amide bonds. The normalized spacial score (nSPS) is 12.2. The van der Waals surface area contributed by atoms with Crippen molar-refractivity contribution < 1.29 is 19.1 Å². The first-order valence-corrected chi connectivity index (χ1v) is 7.26. The Morgan fingerprint density at radius 2 is 2.00 bits per heavy atom. The number of carbonyl (C=O) groups excluding carboxylic acids is 2. The zero-order valence-corrected chi connectivity index (χ0v) is 13.5. The van der Waals surface area contributed by atoms with E-state index >= 15 is 0 Å². The smallest absolute Gasteiger partial charge is 0.407 e. The number of allylic oxidation sites excluding steroid dienone is 2. The number of carbonyl (C=O) groups is 2. The molecule has 0 radical (unpaired) electrons. The van der Waals surface area contributed by atoms with Crippen LogP contribution in [0, 0.1) is 5.92 Å². The second-order valence-electron chi connectivity index (χ2n) is 5.19. The van der Waals surface area contributed by atoms with Gasteiger partial charge >= 0.3 is 12.1 Å². The Morgan fingerprint density at radius 3 is 2.52 bits per heavy atom. The van der Waals surface area contributed by atoms with Gasteiger partial charge < -0.3 is 14.8 Å². The molecule has 1 N–H and O–H groups in total. The van der Waals surface area contributed by atoms with E-state index in [-0.39, 0.29) is 12.5 Å². The third kappa shape index (κ3) is 9.71. The van der Waals surface area contributed by atoms with Crippen molar-refractivity contribution >= 4 is 12.1 Å². The third-order valence-corrected chi connectivity index (χ3v) is 2.81. The first kappa shape index (κ1) is 19.2. The van der Waals surface area contributed by atoms with Crippen LogP contribution in [-0.4, -0.2) is 31.8 Å². The van der Waals surface area contributed by atoms with Crippen molar-refractivity contribution in [3.05, 3.63) is 24.3 Å². The lowest BCUT2D eigenvalue weighted by molar-refractivity contribution is -0.143. The predicted molar refractivity (Wildman–Crippen MR) is 82.9 cm³/mol. The van der Waals surface area contributed by atoms with Gasteiger partial charge in [0.1, 0.15) is 6.04 Å². The molecule has 0 aromatic rings. The van der Waals surface area contributed by atoms with Crippen LogP contribution in [0.5, 0.6) is 0 Å². The molecule has 0 aromatic heterocycles. The van der Waals surface area contributed by atoms with Crippen molar-refractivity contribution in [2.75, 3.05) is 13.7 Å². The summed E-state index contributed by atoms with van der Waals surface area (Å²) in [6.07, 6.45) is 5.24. The molecule has 1 atom stereocenters. The Morgan fingerprint density at radius 1 is 1.33 bits per heavy atom. The Kier molecular flexibility index (Phi) is 10.0. The summed E-state index contributed by atoms with van der Waals surface area (Å²) >= 11 is 0. The van der Waals surface area contributed by atoms with Gasteiger partial charge in [0.2, 0.25) is 0 Å². The molecule has 21 heavy (non-hydrogen) atoms. The number of nitrogens with one attached hydrogen (secondary N) is 1. The highest BCUT2D eigenvalue weighted by Crippen LogP contribution is 2.06. The minimum absolute atomic E-state index is 0.259. The van der Waals surface area contributed by atoms with Crippen molar-refractivity contribution in [2.45, 2.75) is 46.1 Å². The molecule has 0 aromatic carbocycles. The lowest BCUT2D eigenvalue weighted by Gasteiger charge is -2.17. The van der Waals surface area contributed by atoms with Gasteiger partial charge in [0.15, 0.2) is 0 Å². The molecule has 0 heterocycles. The van der Waals surface area contributed by atoms with E-state index in [2.05, 4.69) is 16.6 Å². The van der Waals surface area contributed by atoms with Gasteiger partial charge in [-0.3, -0.25) is 0 Å². The van der Waals surface area contributed by atoms with Gasteiger partial charge in [-0.1, -0.05) is 45.1 Å². The summed E-state index contributed by atoms with van der Waals surface area (Å²) in [5.74, 6) is -0.197. The number of methoxy groups -OCH3 is 1. The van der Waals surface area contributed by atoms with E-state index in [1.54, 1.807) is 0 Å². The second-order valence-corrected chi connectivity index (χ2v) is 5.19. The predicted octanol–water partition coefficient (Wildman–Crippen LogP) is 3.21. The second kappa shape index (κ2) is 10.9. The van der Waals surface area contributed by atoms with Crippen molar-refractivity contribution in [1.82, 2.24) is 5.32 Å². The van der Waals surface area contributed by atoms with Crippen LogP contribution in [0.2, 0.25) is 0 Å². The molecule has 0 aliphatic heterocycles. The molecule has 0 bridgehead atoms.